The minimum Gasteiger partial charge on any atom is -0.496 e. The molecule has 1 aliphatic heterocycles. The quantitative estimate of drug-likeness (QED) is 0.756. The summed E-state index contributed by atoms with van der Waals surface area (Å²) in [6.45, 7) is 2.31. The van der Waals surface area contributed by atoms with E-state index >= 15 is 0 Å². The van der Waals surface area contributed by atoms with Gasteiger partial charge in [-0.1, -0.05) is 0 Å². The number of benzene rings is 1. The van der Waals surface area contributed by atoms with Gasteiger partial charge in [-0.05, 0) is 18.6 Å². The molecule has 0 aromatic heterocycles. The lowest BCUT2D eigenvalue weighted by atomic mass is 10.0. The van der Waals surface area contributed by atoms with Crippen LogP contribution in [0.1, 0.15) is 18.1 Å². The predicted octanol–water partition coefficient (Wildman–Crippen LogP) is 1.76. The average molecular weight is 206 g/mol. The Morgan fingerprint density at radius 1 is 1.53 bits per heavy atom. The van der Waals surface area contributed by atoms with Gasteiger partial charge in [0.1, 0.15) is 17.3 Å². The molecule has 0 aliphatic carbocycles. The lowest BCUT2D eigenvalue weighted by molar-refractivity contribution is -0.116. The summed E-state index contributed by atoms with van der Waals surface area (Å²) >= 11 is 0. The molecule has 3 nitrogen and oxygen atoms in total. The number of hydrogen-bond acceptors (Lipinski definition) is 3. The first-order valence-electron chi connectivity index (χ1n) is 5.02. The standard InChI is InChI=1S/C12H14O3/c1-8(13)5-10-6-9-3-4-15-12(9)7-11(10)14-2/h6-7H,3-5H2,1-2H3. The SMILES string of the molecule is COc1cc2c(cc1CC(C)=O)CCO2. The third kappa shape index (κ3) is 1.96. The highest BCUT2D eigenvalue weighted by molar-refractivity contribution is 5.79. The van der Waals surface area contributed by atoms with Gasteiger partial charge in [-0.2, -0.15) is 0 Å². The van der Waals surface area contributed by atoms with Gasteiger partial charge in [0.05, 0.1) is 13.7 Å². The number of carbonyl (C=O) groups is 1. The molecule has 0 spiro atoms. The van der Waals surface area contributed by atoms with Crippen LogP contribution in [0.5, 0.6) is 11.5 Å². The molecule has 1 aromatic rings. The maximum atomic E-state index is 11.1. The summed E-state index contributed by atoms with van der Waals surface area (Å²) in [7, 11) is 1.61. The fraction of sp³-hybridized carbons (Fsp3) is 0.417. The molecule has 0 amide bonds. The summed E-state index contributed by atoms with van der Waals surface area (Å²) in [4.78, 5) is 11.1. The molecule has 0 saturated carbocycles. The fourth-order valence-corrected chi connectivity index (χ4v) is 1.85. The third-order valence-corrected chi connectivity index (χ3v) is 2.53. The highest BCUT2D eigenvalue weighted by atomic mass is 16.5. The van der Waals surface area contributed by atoms with Crippen LogP contribution in [0.25, 0.3) is 0 Å². The highest BCUT2D eigenvalue weighted by Crippen LogP contribution is 2.33. The average Bonchev–Trinajstić information content (AvgIpc) is 2.62. The van der Waals surface area contributed by atoms with Crippen LogP contribution in [-0.4, -0.2) is 19.5 Å². The first-order chi connectivity index (χ1) is 7.20. The first kappa shape index (κ1) is 10.0. The Balaban J connectivity index is 2.39. The van der Waals surface area contributed by atoms with Crippen molar-refractivity contribution in [1.29, 1.82) is 0 Å². The summed E-state index contributed by atoms with van der Waals surface area (Å²) in [6, 6.07) is 3.89. The molecule has 0 unspecified atom stereocenters. The van der Waals surface area contributed by atoms with Gasteiger partial charge in [0.2, 0.25) is 0 Å². The van der Waals surface area contributed by atoms with Crippen molar-refractivity contribution >= 4 is 5.78 Å². The third-order valence-electron chi connectivity index (χ3n) is 2.53. The second-order valence-corrected chi connectivity index (χ2v) is 3.75. The fourth-order valence-electron chi connectivity index (χ4n) is 1.85. The Kier molecular flexibility index (Phi) is 2.62. The number of rotatable bonds is 3. The van der Waals surface area contributed by atoms with Crippen molar-refractivity contribution in [2.75, 3.05) is 13.7 Å². The van der Waals surface area contributed by atoms with E-state index in [1.165, 1.54) is 5.56 Å². The van der Waals surface area contributed by atoms with Crippen molar-refractivity contribution in [1.82, 2.24) is 0 Å². The summed E-state index contributed by atoms with van der Waals surface area (Å²) in [5.74, 6) is 1.78. The van der Waals surface area contributed by atoms with Crippen molar-refractivity contribution in [3.05, 3.63) is 23.3 Å². The van der Waals surface area contributed by atoms with Gasteiger partial charge in [0.15, 0.2) is 0 Å². The number of Topliss-reactive ketones (excluding diaryl/α,β-unsaturated/α-hetero) is 1. The Morgan fingerprint density at radius 3 is 3.00 bits per heavy atom. The minimum atomic E-state index is 0.146. The van der Waals surface area contributed by atoms with Crippen molar-refractivity contribution in [2.45, 2.75) is 19.8 Å². The van der Waals surface area contributed by atoms with E-state index in [0.29, 0.717) is 6.42 Å². The van der Waals surface area contributed by atoms with E-state index in [1.807, 2.05) is 12.1 Å². The van der Waals surface area contributed by atoms with Gasteiger partial charge in [-0.3, -0.25) is 4.79 Å². The van der Waals surface area contributed by atoms with Gasteiger partial charge in [-0.25, -0.2) is 0 Å². The van der Waals surface area contributed by atoms with Crippen LogP contribution in [0.3, 0.4) is 0 Å². The molecule has 1 aliphatic rings. The van der Waals surface area contributed by atoms with Gasteiger partial charge in [-0.15, -0.1) is 0 Å². The highest BCUT2D eigenvalue weighted by Gasteiger charge is 2.16. The monoisotopic (exact) mass is 206 g/mol. The van der Waals surface area contributed by atoms with Crippen LogP contribution in [0.2, 0.25) is 0 Å². The van der Waals surface area contributed by atoms with Crippen molar-refractivity contribution in [3.63, 3.8) is 0 Å². The number of hydrogen-bond donors (Lipinski definition) is 0. The Hall–Kier alpha value is -1.51. The molecule has 0 bridgehead atoms. The van der Waals surface area contributed by atoms with Crippen molar-refractivity contribution < 1.29 is 14.3 Å². The lowest BCUT2D eigenvalue weighted by Crippen LogP contribution is -2.00. The largest absolute Gasteiger partial charge is 0.496 e. The number of ether oxygens (including phenoxy) is 2. The van der Waals surface area contributed by atoms with Crippen LogP contribution >= 0.6 is 0 Å². The summed E-state index contributed by atoms with van der Waals surface area (Å²) in [5.41, 5.74) is 2.13. The van der Waals surface area contributed by atoms with Crippen LogP contribution in [0.4, 0.5) is 0 Å². The number of fused-ring (bicyclic) bond motifs is 1. The Bertz CT molecular complexity index is 396. The summed E-state index contributed by atoms with van der Waals surface area (Å²) in [5, 5.41) is 0. The molecule has 1 aromatic carbocycles. The van der Waals surface area contributed by atoms with Crippen LogP contribution in [0, 0.1) is 0 Å². The van der Waals surface area contributed by atoms with Gasteiger partial charge < -0.3 is 9.47 Å². The Morgan fingerprint density at radius 2 is 2.33 bits per heavy atom. The molecule has 80 valence electrons. The van der Waals surface area contributed by atoms with Crippen LogP contribution in [0.15, 0.2) is 12.1 Å². The van der Waals surface area contributed by atoms with E-state index < -0.39 is 0 Å². The van der Waals surface area contributed by atoms with E-state index in [1.54, 1.807) is 14.0 Å². The molecular weight excluding hydrogens is 192 g/mol. The minimum absolute atomic E-state index is 0.146. The smallest absolute Gasteiger partial charge is 0.134 e. The maximum Gasteiger partial charge on any atom is 0.134 e. The lowest BCUT2D eigenvalue weighted by Gasteiger charge is -2.09. The number of carbonyl (C=O) groups excluding carboxylic acids is 1. The summed E-state index contributed by atoms with van der Waals surface area (Å²) in [6.07, 6.45) is 1.35. The van der Waals surface area contributed by atoms with Gasteiger partial charge >= 0.3 is 0 Å². The van der Waals surface area contributed by atoms with E-state index in [0.717, 1.165) is 30.1 Å². The molecular formula is C12H14O3. The maximum absolute atomic E-state index is 11.1. The Labute approximate surface area is 89.0 Å². The number of ketones is 1. The number of methoxy groups -OCH3 is 1. The topological polar surface area (TPSA) is 35.5 Å². The van der Waals surface area contributed by atoms with Gasteiger partial charge in [0, 0.05) is 24.5 Å². The van der Waals surface area contributed by atoms with E-state index in [2.05, 4.69) is 0 Å². The zero-order valence-corrected chi connectivity index (χ0v) is 9.00. The molecule has 2 rings (SSSR count). The van der Waals surface area contributed by atoms with E-state index in [4.69, 9.17) is 9.47 Å². The van der Waals surface area contributed by atoms with E-state index in [9.17, 15) is 4.79 Å². The molecule has 0 saturated heterocycles. The molecule has 0 fully saturated rings. The molecule has 0 atom stereocenters. The molecule has 15 heavy (non-hydrogen) atoms. The van der Waals surface area contributed by atoms with E-state index in [-0.39, 0.29) is 5.78 Å². The van der Waals surface area contributed by atoms with Crippen LogP contribution in [-0.2, 0) is 17.6 Å². The van der Waals surface area contributed by atoms with Crippen molar-refractivity contribution in [3.8, 4) is 11.5 Å². The van der Waals surface area contributed by atoms with Crippen molar-refractivity contribution in [2.24, 2.45) is 0 Å². The predicted molar refractivity (Wildman–Crippen MR) is 56.6 cm³/mol. The molecule has 1 heterocycles. The first-order valence-corrected chi connectivity index (χ1v) is 5.02. The molecule has 3 heteroatoms. The second kappa shape index (κ2) is 3.93. The molecule has 0 N–H and O–H groups in total. The molecule has 0 radical (unpaired) electrons. The van der Waals surface area contributed by atoms with Crippen LogP contribution < -0.4 is 9.47 Å². The van der Waals surface area contributed by atoms with Gasteiger partial charge in [0.25, 0.3) is 0 Å². The summed E-state index contributed by atoms with van der Waals surface area (Å²) < 4.78 is 10.7. The second-order valence-electron chi connectivity index (χ2n) is 3.75. The zero-order chi connectivity index (χ0) is 10.8. The normalized spacial score (nSPS) is 13.2. The zero-order valence-electron chi connectivity index (χ0n) is 9.00.